The summed E-state index contributed by atoms with van der Waals surface area (Å²) in [7, 11) is 0. The predicted octanol–water partition coefficient (Wildman–Crippen LogP) is 2.73. The molecule has 2 amide bonds. The lowest BCUT2D eigenvalue weighted by atomic mass is 9.84. The Labute approximate surface area is 195 Å². The van der Waals surface area contributed by atoms with Crippen LogP contribution in [0.5, 0.6) is 0 Å². The molecule has 1 unspecified atom stereocenters. The van der Waals surface area contributed by atoms with Gasteiger partial charge in [-0.05, 0) is 45.6 Å². The molecular formula is C25H33N5O3. The fourth-order valence-electron chi connectivity index (χ4n) is 5.11. The summed E-state index contributed by atoms with van der Waals surface area (Å²) in [6.45, 7) is 9.81. The Bertz CT molecular complexity index is 1020. The molecule has 1 aromatic rings. The second kappa shape index (κ2) is 9.35. The molecule has 33 heavy (non-hydrogen) atoms. The Morgan fingerprint density at radius 3 is 2.70 bits per heavy atom. The zero-order valence-electron chi connectivity index (χ0n) is 19.6. The molecule has 176 valence electrons. The number of hydrogen-bond acceptors (Lipinski definition) is 5. The first-order valence-electron chi connectivity index (χ1n) is 12.3. The first kappa shape index (κ1) is 22.2. The fourth-order valence-corrected chi connectivity index (χ4v) is 5.11. The Balaban J connectivity index is 1.31. The summed E-state index contributed by atoms with van der Waals surface area (Å²) in [6, 6.07) is 0.332. The molecule has 5 rings (SSSR count). The molecule has 0 N–H and O–H groups in total. The summed E-state index contributed by atoms with van der Waals surface area (Å²) in [5, 5.41) is 4.54. The summed E-state index contributed by atoms with van der Waals surface area (Å²) in [4.78, 5) is 34.8. The predicted molar refractivity (Wildman–Crippen MR) is 126 cm³/mol. The van der Waals surface area contributed by atoms with Crippen LogP contribution in [0.15, 0.2) is 28.9 Å². The largest absolute Gasteiger partial charge is 0.382 e. The highest BCUT2D eigenvalue weighted by Gasteiger charge is 2.37. The van der Waals surface area contributed by atoms with Crippen molar-refractivity contribution in [1.29, 1.82) is 0 Å². The van der Waals surface area contributed by atoms with E-state index < -0.39 is 0 Å². The van der Waals surface area contributed by atoms with Crippen LogP contribution in [0, 0.1) is 5.92 Å². The van der Waals surface area contributed by atoms with Crippen molar-refractivity contribution in [2.24, 2.45) is 10.9 Å². The fraction of sp³-hybridized carbons (Fsp3) is 0.600. The van der Waals surface area contributed by atoms with Gasteiger partial charge in [0.25, 0.3) is 5.91 Å². The molecule has 0 aromatic carbocycles. The summed E-state index contributed by atoms with van der Waals surface area (Å²) < 4.78 is 7.43. The number of fused-ring (bicyclic) bond motifs is 3. The maximum absolute atomic E-state index is 13.5. The van der Waals surface area contributed by atoms with Gasteiger partial charge in [0, 0.05) is 51.5 Å². The van der Waals surface area contributed by atoms with E-state index in [1.807, 2.05) is 35.6 Å². The van der Waals surface area contributed by atoms with Crippen LogP contribution in [-0.2, 0) is 9.53 Å². The van der Waals surface area contributed by atoms with Crippen LogP contribution >= 0.6 is 0 Å². The number of amides is 2. The molecule has 1 atom stereocenters. The molecule has 4 aliphatic rings. The molecular weight excluding hydrogens is 418 g/mol. The highest BCUT2D eigenvalue weighted by atomic mass is 16.5. The van der Waals surface area contributed by atoms with Gasteiger partial charge >= 0.3 is 0 Å². The summed E-state index contributed by atoms with van der Waals surface area (Å²) in [5.41, 5.74) is 3.88. The summed E-state index contributed by atoms with van der Waals surface area (Å²) in [5.74, 6) is -0.427. The Hall–Kier alpha value is -2.58. The number of allylic oxidation sites excluding steroid dienone is 2. The average Bonchev–Trinajstić information content (AvgIpc) is 3.21. The second-order valence-corrected chi connectivity index (χ2v) is 9.40. The van der Waals surface area contributed by atoms with Crippen LogP contribution in [0.4, 0.5) is 0 Å². The lowest BCUT2D eigenvalue weighted by molar-refractivity contribution is -0.134. The topological polar surface area (TPSA) is 80.0 Å². The molecule has 0 spiro atoms. The minimum Gasteiger partial charge on any atom is -0.382 e. The number of hydrogen-bond donors (Lipinski definition) is 0. The van der Waals surface area contributed by atoms with Crippen molar-refractivity contribution in [3.8, 4) is 0 Å². The van der Waals surface area contributed by atoms with Crippen molar-refractivity contribution in [2.45, 2.75) is 45.6 Å². The van der Waals surface area contributed by atoms with Gasteiger partial charge < -0.3 is 9.64 Å². The lowest BCUT2D eigenvalue weighted by Gasteiger charge is -2.37. The number of aromatic nitrogens is 2. The monoisotopic (exact) mass is 451 g/mol. The molecule has 0 bridgehead atoms. The number of aliphatic imine (C=N–C) groups is 1. The van der Waals surface area contributed by atoms with Gasteiger partial charge in [-0.2, -0.15) is 5.10 Å². The third kappa shape index (κ3) is 4.22. The lowest BCUT2D eigenvalue weighted by Crippen LogP contribution is -2.50. The van der Waals surface area contributed by atoms with E-state index in [4.69, 9.17) is 4.74 Å². The van der Waals surface area contributed by atoms with Gasteiger partial charge in [0.2, 0.25) is 5.91 Å². The number of nitrogens with zero attached hydrogens (tertiary/aromatic N) is 5. The number of carbonyl (C=O) groups is 2. The second-order valence-electron chi connectivity index (χ2n) is 9.40. The summed E-state index contributed by atoms with van der Waals surface area (Å²) in [6.07, 6.45) is 9.95. The standard InChI is InChI=1S/C25H33N5O3/c1-3-33-13-5-8-28-9-11-29(12-10-28)25(32)19-15-20-22(14-17(19)2)27-24(31)21-16-26-30(23(20)21)18-6-4-7-18/h14-16,18-19H,3-13H2,1-2H3. The zero-order chi connectivity index (χ0) is 22.9. The molecule has 1 saturated heterocycles. The Kier molecular flexibility index (Phi) is 6.29. The van der Waals surface area contributed by atoms with E-state index in [1.165, 1.54) is 6.42 Å². The van der Waals surface area contributed by atoms with Crippen LogP contribution in [0.2, 0.25) is 0 Å². The quantitative estimate of drug-likeness (QED) is 0.596. The first-order valence-corrected chi connectivity index (χ1v) is 12.3. The number of carbonyl (C=O) groups excluding carboxylic acids is 2. The normalized spacial score (nSPS) is 23.3. The molecule has 0 radical (unpaired) electrons. The molecule has 8 nitrogen and oxygen atoms in total. The average molecular weight is 452 g/mol. The Morgan fingerprint density at radius 1 is 1.21 bits per heavy atom. The third-order valence-electron chi connectivity index (χ3n) is 7.30. The van der Waals surface area contributed by atoms with E-state index in [-0.39, 0.29) is 17.7 Å². The van der Waals surface area contributed by atoms with Gasteiger partial charge in [-0.3, -0.25) is 19.2 Å². The van der Waals surface area contributed by atoms with Crippen molar-refractivity contribution < 1.29 is 14.3 Å². The molecule has 8 heteroatoms. The van der Waals surface area contributed by atoms with Gasteiger partial charge in [-0.25, -0.2) is 4.99 Å². The van der Waals surface area contributed by atoms with Crippen LogP contribution in [-0.4, -0.2) is 83.0 Å². The first-order chi connectivity index (χ1) is 16.1. The Morgan fingerprint density at radius 2 is 2.00 bits per heavy atom. The van der Waals surface area contributed by atoms with Gasteiger partial charge in [0.15, 0.2) is 0 Å². The molecule has 3 heterocycles. The van der Waals surface area contributed by atoms with E-state index in [1.54, 1.807) is 6.20 Å². The molecule has 2 aliphatic heterocycles. The van der Waals surface area contributed by atoms with Crippen LogP contribution in [0.25, 0.3) is 5.57 Å². The maximum Gasteiger partial charge on any atom is 0.281 e. The van der Waals surface area contributed by atoms with Crippen molar-refractivity contribution >= 4 is 23.1 Å². The molecule has 2 fully saturated rings. The van der Waals surface area contributed by atoms with E-state index in [2.05, 4.69) is 15.0 Å². The van der Waals surface area contributed by atoms with Crippen molar-refractivity contribution in [3.05, 3.63) is 35.2 Å². The summed E-state index contributed by atoms with van der Waals surface area (Å²) >= 11 is 0. The van der Waals surface area contributed by atoms with Crippen molar-refractivity contribution in [2.75, 3.05) is 45.9 Å². The van der Waals surface area contributed by atoms with E-state index in [9.17, 15) is 9.59 Å². The zero-order valence-corrected chi connectivity index (χ0v) is 19.6. The van der Waals surface area contributed by atoms with E-state index in [0.717, 1.165) is 82.0 Å². The SMILES string of the molecule is CCOCCCN1CCN(C(=O)C2C=C3C(=NC(=O)c4cnn(C5CCC5)c43)C=C2C)CC1. The maximum atomic E-state index is 13.5. The molecule has 1 saturated carbocycles. The highest BCUT2D eigenvalue weighted by molar-refractivity contribution is 6.36. The van der Waals surface area contributed by atoms with Gasteiger partial charge in [0.05, 0.1) is 35.1 Å². The van der Waals surface area contributed by atoms with Gasteiger partial charge in [-0.1, -0.05) is 11.6 Å². The van der Waals surface area contributed by atoms with Crippen LogP contribution < -0.4 is 0 Å². The van der Waals surface area contributed by atoms with Gasteiger partial charge in [-0.15, -0.1) is 0 Å². The number of ether oxygens (including phenoxy) is 1. The molecule has 2 aliphatic carbocycles. The number of piperazine rings is 1. The molecule has 1 aromatic heterocycles. The van der Waals surface area contributed by atoms with E-state index >= 15 is 0 Å². The van der Waals surface area contributed by atoms with Gasteiger partial charge in [0.1, 0.15) is 0 Å². The van der Waals surface area contributed by atoms with Crippen molar-refractivity contribution in [3.63, 3.8) is 0 Å². The smallest absolute Gasteiger partial charge is 0.281 e. The van der Waals surface area contributed by atoms with Crippen molar-refractivity contribution in [1.82, 2.24) is 19.6 Å². The minimum absolute atomic E-state index is 0.137. The van der Waals surface area contributed by atoms with Crippen LogP contribution in [0.1, 0.15) is 61.6 Å². The third-order valence-corrected chi connectivity index (χ3v) is 7.30. The van der Waals surface area contributed by atoms with E-state index in [0.29, 0.717) is 17.3 Å². The van der Waals surface area contributed by atoms with Crippen LogP contribution in [0.3, 0.4) is 0 Å². The minimum atomic E-state index is -0.325. The highest BCUT2D eigenvalue weighted by Crippen LogP contribution is 2.39. The number of rotatable bonds is 7.